The first-order valence-corrected chi connectivity index (χ1v) is 12.0. The Kier molecular flexibility index (Phi) is 8.38. The summed E-state index contributed by atoms with van der Waals surface area (Å²) in [5, 5.41) is 2.71. The van der Waals surface area contributed by atoms with Gasteiger partial charge in [0.1, 0.15) is 6.04 Å². The number of carbonyl (C=O) groups is 3. The molecule has 0 aromatic heterocycles. The summed E-state index contributed by atoms with van der Waals surface area (Å²) in [7, 11) is 0.579. The highest BCUT2D eigenvalue weighted by atomic mass is 28.4. The summed E-state index contributed by atoms with van der Waals surface area (Å²) in [6.07, 6.45) is 0.293. The molecule has 0 spiro atoms. The van der Waals surface area contributed by atoms with Crippen LogP contribution in [-0.2, 0) is 18.7 Å². The largest absolute Gasteiger partial charge is 0.467 e. The molecule has 1 rings (SSSR count). The molecule has 1 aromatic rings. The summed E-state index contributed by atoms with van der Waals surface area (Å²) in [5.41, 5.74) is 0.508. The Hall–Kier alpha value is -2.19. The van der Waals surface area contributed by atoms with E-state index in [1.54, 1.807) is 18.2 Å². The van der Waals surface area contributed by atoms with Crippen molar-refractivity contribution in [1.29, 1.82) is 0 Å². The predicted octanol–water partition coefficient (Wildman–Crippen LogP) is 3.16. The van der Waals surface area contributed by atoms with Crippen LogP contribution < -0.4 is 5.32 Å². The Morgan fingerprint density at radius 1 is 1.07 bits per heavy atom. The number of hydrogen-bond acceptors (Lipinski definition) is 6. The van der Waals surface area contributed by atoms with Gasteiger partial charge in [-0.2, -0.15) is 0 Å². The molecule has 0 radical (unpaired) electrons. The van der Waals surface area contributed by atoms with Crippen molar-refractivity contribution in [2.45, 2.75) is 51.4 Å². The van der Waals surface area contributed by atoms with E-state index >= 15 is 0 Å². The Labute approximate surface area is 167 Å². The molecule has 0 aliphatic carbocycles. The number of amides is 1. The number of nitrogens with one attached hydrogen (secondary N) is 1. The van der Waals surface area contributed by atoms with E-state index < -0.39 is 32.2 Å². The van der Waals surface area contributed by atoms with Crippen LogP contribution in [0.15, 0.2) is 24.3 Å². The minimum Gasteiger partial charge on any atom is -0.467 e. The molecule has 1 atom stereocenters. The van der Waals surface area contributed by atoms with E-state index in [1.165, 1.54) is 20.3 Å². The molecule has 28 heavy (non-hydrogen) atoms. The fourth-order valence-electron chi connectivity index (χ4n) is 2.19. The third-order valence-corrected chi connectivity index (χ3v) is 9.55. The van der Waals surface area contributed by atoms with Gasteiger partial charge in [-0.15, -0.1) is 0 Å². The van der Waals surface area contributed by atoms with Gasteiger partial charge in [-0.05, 0) is 36.3 Å². The summed E-state index contributed by atoms with van der Waals surface area (Å²) >= 11 is 0. The second-order valence-corrected chi connectivity index (χ2v) is 12.8. The molecular weight excluding hydrogens is 378 g/mol. The number of hydrogen-bond donors (Lipinski definition) is 1. The van der Waals surface area contributed by atoms with Gasteiger partial charge in [0.15, 0.2) is 8.32 Å². The van der Waals surface area contributed by atoms with Gasteiger partial charge in [0.2, 0.25) is 0 Å². The summed E-state index contributed by atoms with van der Waals surface area (Å²) in [6, 6.07) is 5.26. The number of ether oxygens (including phenoxy) is 2. The highest BCUT2D eigenvalue weighted by Gasteiger charge is 2.37. The van der Waals surface area contributed by atoms with Crippen LogP contribution >= 0.6 is 0 Å². The molecule has 0 fully saturated rings. The van der Waals surface area contributed by atoms with Crippen LogP contribution in [-0.4, -0.2) is 53.0 Å². The smallest absolute Gasteiger partial charge is 0.337 e. The van der Waals surface area contributed by atoms with Crippen LogP contribution in [0.1, 0.15) is 47.9 Å². The molecule has 8 heteroatoms. The van der Waals surface area contributed by atoms with Gasteiger partial charge in [0.25, 0.3) is 5.91 Å². The zero-order valence-corrected chi connectivity index (χ0v) is 18.8. The fourth-order valence-corrected chi connectivity index (χ4v) is 3.25. The topological polar surface area (TPSA) is 90.9 Å². The van der Waals surface area contributed by atoms with E-state index in [-0.39, 0.29) is 16.2 Å². The lowest BCUT2D eigenvalue weighted by molar-refractivity contribution is -0.143. The summed E-state index contributed by atoms with van der Waals surface area (Å²) in [5.74, 6) is -1.56. The van der Waals surface area contributed by atoms with Gasteiger partial charge in [0, 0.05) is 18.6 Å². The normalized spacial score (nSPS) is 12.8. The van der Waals surface area contributed by atoms with Crippen molar-refractivity contribution < 1.29 is 28.3 Å². The molecule has 0 aliphatic rings. The SMILES string of the molecule is COC(=O)c1cccc(C(=O)N[C@H](CCO[Si](C)(C)C(C)(C)C)C(=O)OC)c1. The molecule has 0 aliphatic heterocycles. The first-order valence-electron chi connectivity index (χ1n) is 9.14. The van der Waals surface area contributed by atoms with Gasteiger partial charge in [-0.25, -0.2) is 9.59 Å². The van der Waals surface area contributed by atoms with Crippen molar-refractivity contribution >= 4 is 26.2 Å². The summed E-state index contributed by atoms with van der Waals surface area (Å²) < 4.78 is 15.6. The quantitative estimate of drug-likeness (QED) is 0.524. The summed E-state index contributed by atoms with van der Waals surface area (Å²) in [6.45, 7) is 11.0. The Morgan fingerprint density at radius 3 is 2.21 bits per heavy atom. The van der Waals surface area contributed by atoms with Crippen LogP contribution in [0.25, 0.3) is 0 Å². The first-order chi connectivity index (χ1) is 12.9. The van der Waals surface area contributed by atoms with Gasteiger partial charge < -0.3 is 19.2 Å². The maximum absolute atomic E-state index is 12.6. The molecule has 1 aromatic carbocycles. The van der Waals surface area contributed by atoms with E-state index in [1.807, 2.05) is 0 Å². The minimum atomic E-state index is -1.96. The number of benzene rings is 1. The molecule has 1 amide bonds. The van der Waals surface area contributed by atoms with Crippen LogP contribution in [0.4, 0.5) is 0 Å². The van der Waals surface area contributed by atoms with Crippen molar-refractivity contribution in [3.05, 3.63) is 35.4 Å². The lowest BCUT2D eigenvalue weighted by Gasteiger charge is -2.36. The van der Waals surface area contributed by atoms with E-state index in [0.29, 0.717) is 13.0 Å². The minimum absolute atomic E-state index is 0.0470. The second-order valence-electron chi connectivity index (χ2n) is 8.02. The Morgan fingerprint density at radius 2 is 1.68 bits per heavy atom. The molecule has 0 saturated carbocycles. The molecular formula is C20H31NO6Si. The maximum atomic E-state index is 12.6. The monoisotopic (exact) mass is 409 g/mol. The Bertz CT molecular complexity index is 711. The number of methoxy groups -OCH3 is 2. The molecule has 0 bridgehead atoms. The fraction of sp³-hybridized carbons (Fsp3) is 0.550. The lowest BCUT2D eigenvalue weighted by atomic mass is 10.1. The summed E-state index contributed by atoms with van der Waals surface area (Å²) in [4.78, 5) is 36.3. The molecule has 0 saturated heterocycles. The van der Waals surface area contributed by atoms with Gasteiger partial charge in [-0.1, -0.05) is 26.8 Å². The van der Waals surface area contributed by atoms with Crippen molar-refractivity contribution in [3.8, 4) is 0 Å². The second kappa shape index (κ2) is 9.84. The van der Waals surface area contributed by atoms with Crippen molar-refractivity contribution in [2.75, 3.05) is 20.8 Å². The third-order valence-electron chi connectivity index (χ3n) is 5.01. The third kappa shape index (κ3) is 6.45. The molecule has 1 N–H and O–H groups in total. The molecule has 156 valence electrons. The van der Waals surface area contributed by atoms with Crippen LogP contribution in [0.3, 0.4) is 0 Å². The maximum Gasteiger partial charge on any atom is 0.337 e. The standard InChI is InChI=1S/C20H31NO6Si/c1-20(2,3)28(6,7)27-12-11-16(19(24)26-5)21-17(22)14-9-8-10-15(13-14)18(23)25-4/h8-10,13,16H,11-12H2,1-7H3,(H,21,22)/t16-/m1/s1. The molecule has 0 heterocycles. The van der Waals surface area contributed by atoms with Gasteiger partial charge in [-0.3, -0.25) is 4.79 Å². The highest BCUT2D eigenvalue weighted by molar-refractivity contribution is 6.74. The van der Waals surface area contributed by atoms with Crippen LogP contribution in [0, 0.1) is 0 Å². The van der Waals surface area contributed by atoms with Crippen molar-refractivity contribution in [3.63, 3.8) is 0 Å². The zero-order chi connectivity index (χ0) is 21.5. The Balaban J connectivity index is 2.83. The van der Waals surface area contributed by atoms with E-state index in [4.69, 9.17) is 9.16 Å². The van der Waals surface area contributed by atoms with E-state index in [2.05, 4.69) is 43.9 Å². The van der Waals surface area contributed by atoms with E-state index in [0.717, 1.165) is 0 Å². The van der Waals surface area contributed by atoms with Gasteiger partial charge in [0.05, 0.1) is 19.8 Å². The predicted molar refractivity (Wildman–Crippen MR) is 109 cm³/mol. The van der Waals surface area contributed by atoms with Crippen LogP contribution in [0.5, 0.6) is 0 Å². The highest BCUT2D eigenvalue weighted by Crippen LogP contribution is 2.36. The lowest BCUT2D eigenvalue weighted by Crippen LogP contribution is -2.45. The average molecular weight is 410 g/mol. The van der Waals surface area contributed by atoms with E-state index in [9.17, 15) is 14.4 Å². The molecule has 0 unspecified atom stereocenters. The number of carbonyl (C=O) groups excluding carboxylic acids is 3. The van der Waals surface area contributed by atoms with Crippen molar-refractivity contribution in [1.82, 2.24) is 5.32 Å². The number of rotatable bonds is 8. The van der Waals surface area contributed by atoms with Crippen LogP contribution in [0.2, 0.25) is 18.1 Å². The molecule has 7 nitrogen and oxygen atoms in total. The van der Waals surface area contributed by atoms with Crippen molar-refractivity contribution in [2.24, 2.45) is 0 Å². The average Bonchev–Trinajstić information content (AvgIpc) is 2.64. The first kappa shape index (κ1) is 23.8. The van der Waals surface area contributed by atoms with Gasteiger partial charge >= 0.3 is 11.9 Å². The number of esters is 2. The zero-order valence-electron chi connectivity index (χ0n) is 17.8.